The fraction of sp³-hybridized carbons (Fsp3) is 0.235. The number of nitrogens with zero attached hydrogens (tertiary/aromatic N) is 2. The number of aromatic amines is 1. The second-order valence-electron chi connectivity index (χ2n) is 5.31. The van der Waals surface area contributed by atoms with Crippen molar-refractivity contribution in [3.05, 3.63) is 63.6 Å². The molecular weight excluding hydrogens is 340 g/mol. The van der Waals surface area contributed by atoms with Gasteiger partial charge in [-0.1, -0.05) is 42.1 Å². The first-order valence-corrected chi connectivity index (χ1v) is 9.45. The molecule has 1 aromatic carbocycles. The van der Waals surface area contributed by atoms with E-state index in [1.54, 1.807) is 11.3 Å². The summed E-state index contributed by atoms with van der Waals surface area (Å²) in [5.74, 6) is 1.11. The molecule has 0 saturated carbocycles. The minimum Gasteiger partial charge on any atom is -0.351 e. The van der Waals surface area contributed by atoms with Gasteiger partial charge in [0.1, 0.15) is 5.82 Å². The lowest BCUT2D eigenvalue weighted by Crippen LogP contribution is -2.24. The molecule has 0 bridgehead atoms. The predicted octanol–water partition coefficient (Wildman–Crippen LogP) is 3.17. The molecule has 2 N–H and O–H groups in total. The van der Waals surface area contributed by atoms with Gasteiger partial charge in [-0.3, -0.25) is 9.89 Å². The van der Waals surface area contributed by atoms with Gasteiger partial charge in [-0.05, 0) is 29.5 Å². The Balaban J connectivity index is 1.44. The highest BCUT2D eigenvalue weighted by Crippen LogP contribution is 2.16. The summed E-state index contributed by atoms with van der Waals surface area (Å²) in [7, 11) is 0. The van der Waals surface area contributed by atoms with Crippen molar-refractivity contribution in [2.24, 2.45) is 0 Å². The zero-order chi connectivity index (χ0) is 16.8. The molecule has 0 unspecified atom stereocenters. The maximum absolute atomic E-state index is 12.0. The fourth-order valence-electron chi connectivity index (χ4n) is 2.18. The Hall–Kier alpha value is -2.12. The summed E-state index contributed by atoms with van der Waals surface area (Å²) in [6, 6.07) is 12.1. The molecule has 0 fully saturated rings. The lowest BCUT2D eigenvalue weighted by Gasteiger charge is -2.06. The number of benzene rings is 1. The van der Waals surface area contributed by atoms with E-state index in [1.165, 1.54) is 22.2 Å². The van der Waals surface area contributed by atoms with Gasteiger partial charge in [0.25, 0.3) is 0 Å². The highest BCUT2D eigenvalue weighted by molar-refractivity contribution is 7.99. The van der Waals surface area contributed by atoms with Crippen LogP contribution in [0.3, 0.4) is 0 Å². The predicted molar refractivity (Wildman–Crippen MR) is 97.3 cm³/mol. The molecule has 0 radical (unpaired) electrons. The van der Waals surface area contributed by atoms with E-state index in [0.717, 1.165) is 17.8 Å². The molecule has 2 aromatic heterocycles. The second-order valence-corrected chi connectivity index (χ2v) is 7.29. The molecule has 5 nitrogen and oxygen atoms in total. The van der Waals surface area contributed by atoms with Crippen LogP contribution >= 0.6 is 23.1 Å². The highest BCUT2D eigenvalue weighted by atomic mass is 32.2. The van der Waals surface area contributed by atoms with Gasteiger partial charge in [0.05, 0.1) is 5.75 Å². The molecule has 0 aliphatic heterocycles. The van der Waals surface area contributed by atoms with Gasteiger partial charge in [0.15, 0.2) is 0 Å². The van der Waals surface area contributed by atoms with E-state index in [-0.39, 0.29) is 5.91 Å². The summed E-state index contributed by atoms with van der Waals surface area (Å²) >= 11 is 3.03. The lowest BCUT2D eigenvalue weighted by atomic mass is 10.1. The number of thioether (sulfide) groups is 1. The number of H-pyrrole nitrogens is 1. The third kappa shape index (κ3) is 4.69. The van der Waals surface area contributed by atoms with E-state index in [9.17, 15) is 4.79 Å². The van der Waals surface area contributed by atoms with Crippen LogP contribution in [0, 0.1) is 6.92 Å². The Morgan fingerprint density at radius 1 is 1.29 bits per heavy atom. The molecule has 0 atom stereocenters. The average Bonchev–Trinajstić information content (AvgIpc) is 3.24. The molecule has 24 heavy (non-hydrogen) atoms. The van der Waals surface area contributed by atoms with Gasteiger partial charge in [-0.2, -0.15) is 0 Å². The number of carbonyl (C=O) groups excluding carboxylic acids is 1. The summed E-state index contributed by atoms with van der Waals surface area (Å²) in [5, 5.41) is 12.7. The number of thiophene rings is 1. The quantitative estimate of drug-likeness (QED) is 0.637. The Morgan fingerprint density at radius 3 is 2.96 bits per heavy atom. The van der Waals surface area contributed by atoms with Crippen molar-refractivity contribution in [3.63, 3.8) is 0 Å². The second kappa shape index (κ2) is 8.12. The van der Waals surface area contributed by atoms with E-state index in [4.69, 9.17) is 0 Å². The van der Waals surface area contributed by atoms with Gasteiger partial charge < -0.3 is 5.32 Å². The van der Waals surface area contributed by atoms with Crippen LogP contribution in [0.25, 0.3) is 0 Å². The number of rotatable bonds is 7. The summed E-state index contributed by atoms with van der Waals surface area (Å²) in [6.45, 7) is 2.59. The maximum Gasteiger partial charge on any atom is 0.230 e. The summed E-state index contributed by atoms with van der Waals surface area (Å²) in [6.07, 6.45) is 0.741. The van der Waals surface area contributed by atoms with Gasteiger partial charge >= 0.3 is 0 Å². The number of carbonyl (C=O) groups is 1. The van der Waals surface area contributed by atoms with Crippen LogP contribution in [0.1, 0.15) is 21.8 Å². The minimum atomic E-state index is -0.0205. The number of aromatic nitrogens is 3. The number of aryl methyl sites for hydroxylation is 1. The average molecular weight is 358 g/mol. The van der Waals surface area contributed by atoms with Crippen LogP contribution < -0.4 is 5.32 Å². The monoisotopic (exact) mass is 358 g/mol. The standard InChI is InChI=1S/C17H18N4OS2/c1-12-5-2-3-6-13(12)10-18-16(22)11-24-17-19-15(20-21-17)9-14-7-4-8-23-14/h2-8H,9-11H2,1H3,(H,18,22)(H,19,20,21). The lowest BCUT2D eigenvalue weighted by molar-refractivity contribution is -0.118. The third-order valence-corrected chi connectivity index (χ3v) is 5.23. The Kier molecular flexibility index (Phi) is 5.66. The Labute approximate surface area is 148 Å². The number of hydrogen-bond acceptors (Lipinski definition) is 5. The van der Waals surface area contributed by atoms with Crippen LogP contribution in [0.15, 0.2) is 46.9 Å². The normalized spacial score (nSPS) is 10.7. The molecule has 0 aliphatic rings. The van der Waals surface area contributed by atoms with Crippen molar-refractivity contribution in [3.8, 4) is 0 Å². The number of nitrogens with one attached hydrogen (secondary N) is 2. The smallest absolute Gasteiger partial charge is 0.230 e. The molecule has 1 amide bonds. The Morgan fingerprint density at radius 2 is 2.17 bits per heavy atom. The van der Waals surface area contributed by atoms with Crippen molar-refractivity contribution in [2.45, 2.75) is 25.0 Å². The van der Waals surface area contributed by atoms with Crippen LogP contribution in [0.4, 0.5) is 0 Å². The molecule has 7 heteroatoms. The molecule has 0 saturated heterocycles. The number of amides is 1. The molecular formula is C17H18N4OS2. The van der Waals surface area contributed by atoms with E-state index >= 15 is 0 Å². The van der Waals surface area contributed by atoms with Crippen molar-refractivity contribution in [1.82, 2.24) is 20.5 Å². The first kappa shape index (κ1) is 16.7. The van der Waals surface area contributed by atoms with Crippen LogP contribution in [-0.2, 0) is 17.8 Å². The summed E-state index contributed by atoms with van der Waals surface area (Å²) in [4.78, 5) is 17.6. The van der Waals surface area contributed by atoms with Crippen molar-refractivity contribution < 1.29 is 4.79 Å². The van der Waals surface area contributed by atoms with Crippen LogP contribution in [-0.4, -0.2) is 26.8 Å². The minimum absolute atomic E-state index is 0.0205. The van der Waals surface area contributed by atoms with E-state index in [0.29, 0.717) is 17.5 Å². The largest absolute Gasteiger partial charge is 0.351 e. The van der Waals surface area contributed by atoms with Crippen molar-refractivity contribution in [2.75, 3.05) is 5.75 Å². The summed E-state index contributed by atoms with van der Waals surface area (Å²) in [5.41, 5.74) is 2.31. The first-order chi connectivity index (χ1) is 11.7. The topological polar surface area (TPSA) is 70.7 Å². The SMILES string of the molecule is Cc1ccccc1CNC(=O)CSc1n[nH]c(Cc2cccs2)n1. The molecule has 0 spiro atoms. The zero-order valence-electron chi connectivity index (χ0n) is 13.3. The maximum atomic E-state index is 12.0. The highest BCUT2D eigenvalue weighted by Gasteiger charge is 2.09. The molecule has 3 aromatic rings. The fourth-order valence-corrected chi connectivity index (χ4v) is 3.54. The van der Waals surface area contributed by atoms with Gasteiger partial charge in [-0.15, -0.1) is 16.4 Å². The Bertz CT molecular complexity index is 799. The van der Waals surface area contributed by atoms with Crippen LogP contribution in [0.5, 0.6) is 0 Å². The first-order valence-electron chi connectivity index (χ1n) is 7.58. The van der Waals surface area contributed by atoms with Gasteiger partial charge in [-0.25, -0.2) is 4.98 Å². The van der Waals surface area contributed by atoms with E-state index < -0.39 is 0 Å². The molecule has 124 valence electrons. The molecule has 0 aliphatic carbocycles. The third-order valence-electron chi connectivity index (χ3n) is 3.50. The molecule has 2 heterocycles. The van der Waals surface area contributed by atoms with Crippen molar-refractivity contribution >= 4 is 29.0 Å². The zero-order valence-corrected chi connectivity index (χ0v) is 14.9. The summed E-state index contributed by atoms with van der Waals surface area (Å²) < 4.78 is 0. The van der Waals surface area contributed by atoms with Crippen molar-refractivity contribution in [1.29, 1.82) is 0 Å². The van der Waals surface area contributed by atoms with Gasteiger partial charge in [0.2, 0.25) is 11.1 Å². The van der Waals surface area contributed by atoms with Gasteiger partial charge in [0, 0.05) is 17.8 Å². The number of hydrogen-bond donors (Lipinski definition) is 2. The van der Waals surface area contributed by atoms with E-state index in [1.807, 2.05) is 42.6 Å². The van der Waals surface area contributed by atoms with Crippen LogP contribution in [0.2, 0.25) is 0 Å². The molecule has 3 rings (SSSR count). The van der Waals surface area contributed by atoms with E-state index in [2.05, 4.69) is 26.6 Å².